The maximum Gasteiger partial charge on any atom is 0.289 e. The SMILES string of the molecule is Cc1ccc2oc(C(=O)N3CCC[C@@](O)(C(N)=O)C3)cc2c1. The number of fused-ring (bicyclic) bond motifs is 1. The number of nitrogens with zero attached hydrogens (tertiary/aromatic N) is 1. The molecule has 2 aromatic rings. The van der Waals surface area contributed by atoms with E-state index in [2.05, 4.69) is 0 Å². The smallest absolute Gasteiger partial charge is 0.289 e. The zero-order chi connectivity index (χ0) is 15.9. The molecule has 1 aliphatic rings. The zero-order valence-corrected chi connectivity index (χ0v) is 12.3. The minimum Gasteiger partial charge on any atom is -0.451 e. The first-order chi connectivity index (χ1) is 10.4. The highest BCUT2D eigenvalue weighted by atomic mass is 16.3. The molecule has 1 aliphatic heterocycles. The number of primary amides is 1. The fourth-order valence-electron chi connectivity index (χ4n) is 2.83. The van der Waals surface area contributed by atoms with Gasteiger partial charge in [0, 0.05) is 11.9 Å². The lowest BCUT2D eigenvalue weighted by atomic mass is 9.92. The Balaban J connectivity index is 1.87. The summed E-state index contributed by atoms with van der Waals surface area (Å²) in [5, 5.41) is 11.0. The Labute approximate surface area is 127 Å². The fraction of sp³-hybridized carbons (Fsp3) is 0.375. The largest absolute Gasteiger partial charge is 0.451 e. The summed E-state index contributed by atoms with van der Waals surface area (Å²) in [6.07, 6.45) is 0.788. The van der Waals surface area contributed by atoms with E-state index in [1.165, 1.54) is 4.90 Å². The number of carbonyl (C=O) groups excluding carboxylic acids is 2. The van der Waals surface area contributed by atoms with Crippen LogP contribution >= 0.6 is 0 Å². The van der Waals surface area contributed by atoms with Crippen LogP contribution in [-0.2, 0) is 4.79 Å². The van der Waals surface area contributed by atoms with Crippen LogP contribution in [0.3, 0.4) is 0 Å². The Bertz CT molecular complexity index is 752. The van der Waals surface area contributed by atoms with Gasteiger partial charge in [0.15, 0.2) is 11.4 Å². The average Bonchev–Trinajstić information content (AvgIpc) is 2.89. The first-order valence-corrected chi connectivity index (χ1v) is 7.21. The second-order valence-corrected chi connectivity index (χ2v) is 5.88. The van der Waals surface area contributed by atoms with E-state index in [-0.39, 0.29) is 24.6 Å². The van der Waals surface area contributed by atoms with Gasteiger partial charge in [-0.25, -0.2) is 0 Å². The maximum atomic E-state index is 12.5. The predicted octanol–water partition coefficient (Wildman–Crippen LogP) is 1.19. The van der Waals surface area contributed by atoms with Crippen LogP contribution in [0.25, 0.3) is 11.0 Å². The number of rotatable bonds is 2. The molecule has 22 heavy (non-hydrogen) atoms. The number of piperidine rings is 1. The Hall–Kier alpha value is -2.34. The number of furan rings is 1. The van der Waals surface area contributed by atoms with Crippen LogP contribution in [0.2, 0.25) is 0 Å². The predicted molar refractivity (Wildman–Crippen MR) is 80.2 cm³/mol. The number of amides is 2. The molecule has 6 heteroatoms. The molecule has 116 valence electrons. The van der Waals surface area contributed by atoms with Crippen molar-refractivity contribution in [3.63, 3.8) is 0 Å². The highest BCUT2D eigenvalue weighted by molar-refractivity contribution is 5.97. The van der Waals surface area contributed by atoms with Gasteiger partial charge in [0.25, 0.3) is 11.8 Å². The quantitative estimate of drug-likeness (QED) is 0.871. The molecule has 0 aliphatic carbocycles. The normalized spacial score (nSPS) is 22.0. The topological polar surface area (TPSA) is 96.8 Å². The molecule has 6 nitrogen and oxygen atoms in total. The van der Waals surface area contributed by atoms with Gasteiger partial charge in [0.05, 0.1) is 6.54 Å². The number of hydrogen-bond acceptors (Lipinski definition) is 4. The average molecular weight is 302 g/mol. The molecule has 3 N–H and O–H groups in total. The van der Waals surface area contributed by atoms with Gasteiger partial charge in [-0.1, -0.05) is 11.6 Å². The number of benzene rings is 1. The highest BCUT2D eigenvalue weighted by Gasteiger charge is 2.40. The van der Waals surface area contributed by atoms with Crippen LogP contribution in [0, 0.1) is 6.92 Å². The summed E-state index contributed by atoms with van der Waals surface area (Å²) in [4.78, 5) is 25.3. The van der Waals surface area contributed by atoms with Crippen molar-refractivity contribution in [2.75, 3.05) is 13.1 Å². The fourth-order valence-corrected chi connectivity index (χ4v) is 2.83. The first-order valence-electron chi connectivity index (χ1n) is 7.21. The number of likely N-dealkylation sites (tertiary alicyclic amines) is 1. The van der Waals surface area contributed by atoms with Crippen LogP contribution < -0.4 is 5.73 Å². The van der Waals surface area contributed by atoms with Crippen LogP contribution in [0.5, 0.6) is 0 Å². The number of carbonyl (C=O) groups is 2. The number of β-amino-alcohol motifs (C(OH)–C–C–N with tert-alkyl or cyclic N) is 1. The Morgan fingerprint density at radius 3 is 2.86 bits per heavy atom. The van der Waals surface area contributed by atoms with Gasteiger partial charge in [-0.05, 0) is 38.0 Å². The van der Waals surface area contributed by atoms with Crippen LogP contribution in [0.4, 0.5) is 0 Å². The van der Waals surface area contributed by atoms with Crippen molar-refractivity contribution in [2.24, 2.45) is 5.73 Å². The number of nitrogens with two attached hydrogens (primary N) is 1. The molecule has 0 saturated carbocycles. The molecule has 1 fully saturated rings. The lowest BCUT2D eigenvalue weighted by Gasteiger charge is -2.36. The molecule has 0 radical (unpaired) electrons. The monoisotopic (exact) mass is 302 g/mol. The zero-order valence-electron chi connectivity index (χ0n) is 12.3. The van der Waals surface area contributed by atoms with Crippen molar-refractivity contribution in [3.8, 4) is 0 Å². The molecule has 1 atom stereocenters. The molecule has 3 rings (SSSR count). The molecule has 0 unspecified atom stereocenters. The molecule has 2 amide bonds. The highest BCUT2D eigenvalue weighted by Crippen LogP contribution is 2.25. The Morgan fingerprint density at radius 1 is 1.36 bits per heavy atom. The van der Waals surface area contributed by atoms with E-state index in [1.54, 1.807) is 6.07 Å². The second-order valence-electron chi connectivity index (χ2n) is 5.88. The third kappa shape index (κ3) is 2.46. The molecular weight excluding hydrogens is 284 g/mol. The summed E-state index contributed by atoms with van der Waals surface area (Å²) in [6, 6.07) is 7.35. The van der Waals surface area contributed by atoms with Gasteiger partial charge >= 0.3 is 0 Å². The van der Waals surface area contributed by atoms with Gasteiger partial charge in [0.1, 0.15) is 5.58 Å². The van der Waals surface area contributed by atoms with Crippen molar-refractivity contribution in [2.45, 2.75) is 25.4 Å². The summed E-state index contributed by atoms with van der Waals surface area (Å²) >= 11 is 0. The lowest BCUT2D eigenvalue weighted by Crippen LogP contribution is -2.57. The van der Waals surface area contributed by atoms with Crippen LogP contribution in [0.15, 0.2) is 28.7 Å². The molecule has 1 aromatic heterocycles. The molecule has 1 saturated heterocycles. The maximum absolute atomic E-state index is 12.5. The number of aryl methyl sites for hydroxylation is 1. The van der Waals surface area contributed by atoms with E-state index < -0.39 is 11.5 Å². The van der Waals surface area contributed by atoms with E-state index in [0.717, 1.165) is 10.9 Å². The lowest BCUT2D eigenvalue weighted by molar-refractivity contribution is -0.140. The van der Waals surface area contributed by atoms with Gasteiger partial charge < -0.3 is 20.2 Å². The van der Waals surface area contributed by atoms with Crippen molar-refractivity contribution in [1.29, 1.82) is 0 Å². The van der Waals surface area contributed by atoms with E-state index in [1.807, 2.05) is 25.1 Å². The molecule has 0 spiro atoms. The molecule has 1 aromatic carbocycles. The Morgan fingerprint density at radius 2 is 2.14 bits per heavy atom. The van der Waals surface area contributed by atoms with Gasteiger partial charge in [-0.15, -0.1) is 0 Å². The van der Waals surface area contributed by atoms with E-state index in [0.29, 0.717) is 18.5 Å². The summed E-state index contributed by atoms with van der Waals surface area (Å²) in [7, 11) is 0. The molecular formula is C16H18N2O4. The van der Waals surface area contributed by atoms with Crippen molar-refractivity contribution in [1.82, 2.24) is 4.90 Å². The van der Waals surface area contributed by atoms with Crippen LogP contribution in [-0.4, -0.2) is 40.5 Å². The van der Waals surface area contributed by atoms with Crippen LogP contribution in [0.1, 0.15) is 29.0 Å². The third-order valence-electron chi connectivity index (χ3n) is 4.10. The summed E-state index contributed by atoms with van der Waals surface area (Å²) in [5.74, 6) is -0.937. The van der Waals surface area contributed by atoms with Gasteiger partial charge in [0.2, 0.25) is 0 Å². The summed E-state index contributed by atoms with van der Waals surface area (Å²) < 4.78 is 5.58. The minimum absolute atomic E-state index is 0.1000. The molecule has 0 bridgehead atoms. The number of hydrogen-bond donors (Lipinski definition) is 2. The number of aliphatic hydroxyl groups is 1. The second kappa shape index (κ2) is 5.14. The van der Waals surface area contributed by atoms with E-state index in [9.17, 15) is 14.7 Å². The Kier molecular flexibility index (Phi) is 3.41. The minimum atomic E-state index is -1.66. The third-order valence-corrected chi connectivity index (χ3v) is 4.10. The van der Waals surface area contributed by atoms with E-state index >= 15 is 0 Å². The summed E-state index contributed by atoms with van der Waals surface area (Å²) in [5.41, 5.74) is 5.29. The standard InChI is InChI=1S/C16H18N2O4/c1-10-3-4-12-11(7-10)8-13(22-12)14(19)18-6-2-5-16(21,9-18)15(17)20/h3-4,7-8,21H,2,5-6,9H2,1H3,(H2,17,20)/t16-/m0/s1. The summed E-state index contributed by atoms with van der Waals surface area (Å²) in [6.45, 7) is 2.33. The molecule has 2 heterocycles. The first kappa shape index (κ1) is 14.6. The van der Waals surface area contributed by atoms with Gasteiger partial charge in [-0.3, -0.25) is 9.59 Å². The van der Waals surface area contributed by atoms with E-state index in [4.69, 9.17) is 10.2 Å². The van der Waals surface area contributed by atoms with Crippen molar-refractivity contribution >= 4 is 22.8 Å². The van der Waals surface area contributed by atoms with Gasteiger partial charge in [-0.2, -0.15) is 0 Å². The van der Waals surface area contributed by atoms with Crippen molar-refractivity contribution < 1.29 is 19.1 Å². The van der Waals surface area contributed by atoms with Crippen molar-refractivity contribution in [3.05, 3.63) is 35.6 Å².